The topological polar surface area (TPSA) is 84.2 Å². The lowest BCUT2D eigenvalue weighted by atomic mass is 9.98. The van der Waals surface area contributed by atoms with Crippen molar-refractivity contribution >= 4 is 11.8 Å². The quantitative estimate of drug-likeness (QED) is 0.724. The zero-order valence-corrected chi connectivity index (χ0v) is 12.2. The van der Waals surface area contributed by atoms with Gasteiger partial charge in [0.25, 0.3) is 0 Å². The van der Waals surface area contributed by atoms with Crippen molar-refractivity contribution in [2.45, 2.75) is 32.4 Å². The molecule has 110 valence electrons. The highest BCUT2D eigenvalue weighted by Crippen LogP contribution is 2.14. The molecular weight excluding hydrogens is 254 g/mol. The van der Waals surface area contributed by atoms with Crippen LogP contribution in [0.1, 0.15) is 31.9 Å². The molecule has 5 nitrogen and oxygen atoms in total. The minimum absolute atomic E-state index is 0.0658. The smallest absolute Gasteiger partial charge is 0.246 e. The highest BCUT2D eigenvalue weighted by molar-refractivity contribution is 5.90. The molecule has 20 heavy (non-hydrogen) atoms. The molecule has 1 rings (SSSR count). The molecule has 3 atom stereocenters. The van der Waals surface area contributed by atoms with Crippen LogP contribution in [0.3, 0.4) is 0 Å². The molecule has 0 saturated carbocycles. The fourth-order valence-corrected chi connectivity index (χ4v) is 1.84. The molecule has 0 unspecified atom stereocenters. The second-order valence-corrected chi connectivity index (χ2v) is 4.88. The van der Waals surface area contributed by atoms with E-state index in [-0.39, 0.29) is 17.7 Å². The molecule has 0 radical (unpaired) electrons. The van der Waals surface area contributed by atoms with Crippen LogP contribution in [0.2, 0.25) is 0 Å². The Labute approximate surface area is 119 Å². The van der Waals surface area contributed by atoms with Crippen LogP contribution in [-0.4, -0.2) is 24.9 Å². The molecule has 0 fully saturated rings. The van der Waals surface area contributed by atoms with Gasteiger partial charge in [-0.3, -0.25) is 9.59 Å². The van der Waals surface area contributed by atoms with Gasteiger partial charge in [0.2, 0.25) is 11.8 Å². The molecule has 1 aromatic rings. The Morgan fingerprint density at radius 1 is 1.20 bits per heavy atom. The molecule has 2 amide bonds. The summed E-state index contributed by atoms with van der Waals surface area (Å²) in [6.45, 7) is 3.90. The molecule has 4 N–H and O–H groups in total. The molecular formula is C15H23N3O2. The minimum atomic E-state index is -0.719. The molecule has 0 aromatic heterocycles. The van der Waals surface area contributed by atoms with Gasteiger partial charge in [0.15, 0.2) is 0 Å². The van der Waals surface area contributed by atoms with Crippen LogP contribution in [0.15, 0.2) is 30.3 Å². The van der Waals surface area contributed by atoms with E-state index in [1.165, 1.54) is 0 Å². The Kier molecular flexibility index (Phi) is 6.18. The summed E-state index contributed by atoms with van der Waals surface area (Å²) in [5.74, 6) is -0.506. The number of amides is 2. The predicted octanol–water partition coefficient (Wildman–Crippen LogP) is 0.963. The van der Waals surface area contributed by atoms with Crippen molar-refractivity contribution in [3.05, 3.63) is 35.9 Å². The van der Waals surface area contributed by atoms with Gasteiger partial charge in [0.1, 0.15) is 6.04 Å². The Morgan fingerprint density at radius 2 is 1.80 bits per heavy atom. The number of nitrogens with one attached hydrogen (secondary N) is 2. The third-order valence-electron chi connectivity index (χ3n) is 3.49. The van der Waals surface area contributed by atoms with E-state index in [1.807, 2.05) is 32.0 Å². The van der Waals surface area contributed by atoms with Crippen molar-refractivity contribution in [2.24, 2.45) is 11.7 Å². The van der Waals surface area contributed by atoms with E-state index in [2.05, 4.69) is 10.6 Å². The summed E-state index contributed by atoms with van der Waals surface area (Å²) < 4.78 is 0. The first kappa shape index (κ1) is 16.2. The summed E-state index contributed by atoms with van der Waals surface area (Å²) in [6, 6.07) is 7.78. The average Bonchev–Trinajstić information content (AvgIpc) is 2.50. The predicted molar refractivity (Wildman–Crippen MR) is 78.8 cm³/mol. The average molecular weight is 277 g/mol. The summed E-state index contributed by atoms with van der Waals surface area (Å²) in [5.41, 5.74) is 6.63. The maximum atomic E-state index is 12.1. The first-order chi connectivity index (χ1) is 9.51. The van der Waals surface area contributed by atoms with Crippen LogP contribution < -0.4 is 16.4 Å². The zero-order valence-electron chi connectivity index (χ0n) is 12.2. The van der Waals surface area contributed by atoms with Crippen LogP contribution >= 0.6 is 0 Å². The molecule has 1 aromatic carbocycles. The Balaban J connectivity index is 2.87. The minimum Gasteiger partial charge on any atom is -0.357 e. The molecule has 5 heteroatoms. The molecule has 0 aliphatic carbocycles. The van der Waals surface area contributed by atoms with Gasteiger partial charge >= 0.3 is 0 Å². The highest BCUT2D eigenvalue weighted by atomic mass is 16.2. The number of benzene rings is 1. The van der Waals surface area contributed by atoms with Crippen LogP contribution in [0.5, 0.6) is 0 Å². The standard InChI is InChI=1S/C15H23N3O2/c1-4-10(2)12(16)14(19)18-13(15(20)17-3)11-8-6-5-7-9-11/h5-10,12-13H,4,16H2,1-3H3,(H,17,20)(H,18,19)/t10-,12-,13-/m0/s1. The Hall–Kier alpha value is -1.88. The van der Waals surface area contributed by atoms with E-state index in [4.69, 9.17) is 5.73 Å². The lowest BCUT2D eigenvalue weighted by molar-refractivity contribution is -0.130. The number of carbonyl (C=O) groups is 2. The summed E-state index contributed by atoms with van der Waals surface area (Å²) in [5, 5.41) is 5.28. The third-order valence-corrected chi connectivity index (χ3v) is 3.49. The number of carbonyl (C=O) groups excluding carboxylic acids is 2. The van der Waals surface area contributed by atoms with Gasteiger partial charge in [-0.2, -0.15) is 0 Å². The van der Waals surface area contributed by atoms with Crippen molar-refractivity contribution < 1.29 is 9.59 Å². The molecule has 0 aliphatic heterocycles. The Morgan fingerprint density at radius 3 is 2.30 bits per heavy atom. The van der Waals surface area contributed by atoms with Crippen LogP contribution in [0.4, 0.5) is 0 Å². The van der Waals surface area contributed by atoms with E-state index < -0.39 is 12.1 Å². The number of hydrogen-bond acceptors (Lipinski definition) is 3. The number of rotatable bonds is 6. The summed E-state index contributed by atoms with van der Waals surface area (Å²) in [7, 11) is 1.54. The lowest BCUT2D eigenvalue weighted by Crippen LogP contribution is -2.48. The fraction of sp³-hybridized carbons (Fsp3) is 0.467. The van der Waals surface area contributed by atoms with E-state index in [9.17, 15) is 9.59 Å². The highest BCUT2D eigenvalue weighted by Gasteiger charge is 2.26. The van der Waals surface area contributed by atoms with Crippen LogP contribution in [0.25, 0.3) is 0 Å². The molecule has 0 bridgehead atoms. The SMILES string of the molecule is CC[C@H](C)[C@H](N)C(=O)N[C@H](C(=O)NC)c1ccccc1. The fourth-order valence-electron chi connectivity index (χ4n) is 1.84. The van der Waals surface area contributed by atoms with Gasteiger partial charge in [0.05, 0.1) is 6.04 Å². The van der Waals surface area contributed by atoms with Gasteiger partial charge in [-0.15, -0.1) is 0 Å². The summed E-state index contributed by atoms with van der Waals surface area (Å²) >= 11 is 0. The largest absolute Gasteiger partial charge is 0.357 e. The van der Waals surface area contributed by atoms with Gasteiger partial charge < -0.3 is 16.4 Å². The molecule has 0 spiro atoms. The van der Waals surface area contributed by atoms with E-state index in [0.717, 1.165) is 12.0 Å². The lowest BCUT2D eigenvalue weighted by Gasteiger charge is -2.22. The first-order valence-electron chi connectivity index (χ1n) is 6.83. The second kappa shape index (κ2) is 7.65. The summed E-state index contributed by atoms with van der Waals surface area (Å²) in [4.78, 5) is 24.1. The zero-order chi connectivity index (χ0) is 15.1. The van der Waals surface area contributed by atoms with E-state index >= 15 is 0 Å². The second-order valence-electron chi connectivity index (χ2n) is 4.88. The van der Waals surface area contributed by atoms with E-state index in [1.54, 1.807) is 19.2 Å². The Bertz CT molecular complexity index is 448. The van der Waals surface area contributed by atoms with Crippen LogP contribution in [0, 0.1) is 5.92 Å². The van der Waals surface area contributed by atoms with Gasteiger partial charge in [-0.1, -0.05) is 50.6 Å². The normalized spacial score (nSPS) is 15.0. The van der Waals surface area contributed by atoms with Gasteiger partial charge in [0, 0.05) is 7.05 Å². The molecule has 0 heterocycles. The third kappa shape index (κ3) is 4.06. The number of hydrogen-bond donors (Lipinski definition) is 3. The van der Waals surface area contributed by atoms with Gasteiger partial charge in [-0.05, 0) is 11.5 Å². The number of likely N-dealkylation sites (N-methyl/N-ethyl adjacent to an activating group) is 1. The molecule has 0 saturated heterocycles. The van der Waals surface area contributed by atoms with Gasteiger partial charge in [-0.25, -0.2) is 0 Å². The number of nitrogens with two attached hydrogens (primary N) is 1. The van der Waals surface area contributed by atoms with Crippen molar-refractivity contribution in [3.63, 3.8) is 0 Å². The maximum Gasteiger partial charge on any atom is 0.246 e. The van der Waals surface area contributed by atoms with Crippen molar-refractivity contribution in [1.29, 1.82) is 0 Å². The first-order valence-corrected chi connectivity index (χ1v) is 6.83. The monoisotopic (exact) mass is 277 g/mol. The molecule has 0 aliphatic rings. The van der Waals surface area contributed by atoms with Crippen molar-refractivity contribution in [3.8, 4) is 0 Å². The maximum absolute atomic E-state index is 12.1. The summed E-state index contributed by atoms with van der Waals surface area (Å²) in [6.07, 6.45) is 0.810. The van der Waals surface area contributed by atoms with E-state index in [0.29, 0.717) is 0 Å². The van der Waals surface area contributed by atoms with Crippen molar-refractivity contribution in [1.82, 2.24) is 10.6 Å². The van der Waals surface area contributed by atoms with Crippen molar-refractivity contribution in [2.75, 3.05) is 7.05 Å². The van der Waals surface area contributed by atoms with Crippen LogP contribution in [-0.2, 0) is 9.59 Å².